The van der Waals surface area contributed by atoms with Gasteiger partial charge in [0, 0.05) is 6.08 Å². The highest BCUT2D eigenvalue weighted by Gasteiger charge is 2.15. The van der Waals surface area contributed by atoms with Gasteiger partial charge in [-0.25, -0.2) is 4.79 Å². The van der Waals surface area contributed by atoms with E-state index in [0.29, 0.717) is 0 Å². The van der Waals surface area contributed by atoms with E-state index in [9.17, 15) is 4.79 Å². The van der Waals surface area contributed by atoms with Gasteiger partial charge in [0.25, 0.3) is 0 Å². The van der Waals surface area contributed by atoms with Crippen LogP contribution >= 0.6 is 0 Å². The van der Waals surface area contributed by atoms with E-state index in [1.54, 1.807) is 6.08 Å². The van der Waals surface area contributed by atoms with Crippen molar-refractivity contribution < 1.29 is 9.53 Å². The summed E-state index contributed by atoms with van der Waals surface area (Å²) in [6.07, 6.45) is 3.20. The molecule has 0 N–H and O–H groups in total. The molecule has 0 amide bonds. The van der Waals surface area contributed by atoms with Gasteiger partial charge >= 0.3 is 5.97 Å². The molecule has 0 heterocycles. The van der Waals surface area contributed by atoms with Gasteiger partial charge in [0.05, 0.1) is 15.2 Å². The van der Waals surface area contributed by atoms with Gasteiger partial charge in [0.1, 0.15) is 0 Å². The van der Waals surface area contributed by atoms with Crippen LogP contribution in [-0.2, 0) is 9.53 Å². The van der Waals surface area contributed by atoms with Crippen LogP contribution in [0.1, 0.15) is 5.56 Å². The number of methoxy groups -OCH3 is 1. The number of ether oxygens (including phenoxy) is 1. The van der Waals surface area contributed by atoms with Crippen molar-refractivity contribution in [3.8, 4) is 0 Å². The molecule has 0 spiro atoms. The Morgan fingerprint density at radius 1 is 1.19 bits per heavy atom. The minimum atomic E-state index is -1.22. The molecular weight excluding hydrogens is 216 g/mol. The van der Waals surface area contributed by atoms with Crippen LogP contribution in [0, 0.1) is 0 Å². The first-order valence-corrected chi connectivity index (χ1v) is 8.80. The van der Waals surface area contributed by atoms with Gasteiger partial charge in [-0.2, -0.15) is 0 Å². The summed E-state index contributed by atoms with van der Waals surface area (Å²) in [5.41, 5.74) is 1.02. The number of hydrogen-bond acceptors (Lipinski definition) is 2. The Kier molecular flexibility index (Phi) is 4.07. The van der Waals surface area contributed by atoms with Crippen molar-refractivity contribution in [1.82, 2.24) is 0 Å². The van der Waals surface area contributed by atoms with E-state index in [0.717, 1.165) is 5.56 Å². The zero-order valence-electron chi connectivity index (χ0n) is 10.3. The zero-order chi connectivity index (χ0) is 12.2. The summed E-state index contributed by atoms with van der Waals surface area (Å²) in [6.45, 7) is 6.94. The molecule has 16 heavy (non-hydrogen) atoms. The molecule has 0 unspecified atom stereocenters. The topological polar surface area (TPSA) is 26.3 Å². The van der Waals surface area contributed by atoms with Crippen LogP contribution in [0.2, 0.25) is 19.6 Å². The monoisotopic (exact) mass is 234 g/mol. The number of carbonyl (C=O) groups is 1. The second-order valence-corrected chi connectivity index (χ2v) is 9.81. The Hall–Kier alpha value is -1.35. The molecule has 0 atom stereocenters. The first kappa shape index (κ1) is 12.7. The molecular formula is C13H18O2Si. The van der Waals surface area contributed by atoms with Gasteiger partial charge in [-0.05, 0) is 11.6 Å². The SMILES string of the molecule is COC(=O)C=Cc1ccc([Si](C)(C)C)cc1. The minimum Gasteiger partial charge on any atom is -0.466 e. The molecule has 0 aromatic heterocycles. The molecule has 0 radical (unpaired) electrons. The maximum Gasteiger partial charge on any atom is 0.330 e. The molecule has 1 aromatic rings. The molecule has 3 heteroatoms. The molecule has 0 fully saturated rings. The van der Waals surface area contributed by atoms with Crippen LogP contribution in [0.3, 0.4) is 0 Å². The Morgan fingerprint density at radius 2 is 1.75 bits per heavy atom. The quantitative estimate of drug-likeness (QED) is 0.456. The van der Waals surface area contributed by atoms with E-state index in [1.165, 1.54) is 18.4 Å². The van der Waals surface area contributed by atoms with Gasteiger partial charge < -0.3 is 4.74 Å². The maximum absolute atomic E-state index is 10.9. The van der Waals surface area contributed by atoms with E-state index in [4.69, 9.17) is 0 Å². The number of esters is 1. The van der Waals surface area contributed by atoms with Crippen molar-refractivity contribution >= 4 is 25.3 Å². The van der Waals surface area contributed by atoms with Crippen molar-refractivity contribution in [1.29, 1.82) is 0 Å². The van der Waals surface area contributed by atoms with E-state index in [-0.39, 0.29) is 5.97 Å². The highest BCUT2D eigenvalue weighted by Crippen LogP contribution is 2.06. The van der Waals surface area contributed by atoms with E-state index >= 15 is 0 Å². The fraction of sp³-hybridized carbons (Fsp3) is 0.308. The number of benzene rings is 1. The average molecular weight is 234 g/mol. The van der Waals surface area contributed by atoms with Gasteiger partial charge in [-0.1, -0.05) is 49.1 Å². The minimum absolute atomic E-state index is 0.325. The van der Waals surface area contributed by atoms with E-state index < -0.39 is 8.07 Å². The third-order valence-corrected chi connectivity index (χ3v) is 4.46. The normalized spacial score (nSPS) is 11.8. The lowest BCUT2D eigenvalue weighted by Gasteiger charge is -2.16. The summed E-state index contributed by atoms with van der Waals surface area (Å²) in [6, 6.07) is 8.35. The summed E-state index contributed by atoms with van der Waals surface area (Å²) in [7, 11) is 0.152. The summed E-state index contributed by atoms with van der Waals surface area (Å²) in [4.78, 5) is 10.9. The van der Waals surface area contributed by atoms with Crippen molar-refractivity contribution in [3.63, 3.8) is 0 Å². The van der Waals surface area contributed by atoms with Gasteiger partial charge in [-0.15, -0.1) is 0 Å². The summed E-state index contributed by atoms with van der Waals surface area (Å²) >= 11 is 0. The fourth-order valence-electron chi connectivity index (χ4n) is 1.33. The molecule has 0 bridgehead atoms. The molecule has 86 valence electrons. The van der Waals surface area contributed by atoms with Crippen molar-refractivity contribution in [2.75, 3.05) is 7.11 Å². The third-order valence-electron chi connectivity index (χ3n) is 2.39. The van der Waals surface area contributed by atoms with Crippen molar-refractivity contribution in [2.45, 2.75) is 19.6 Å². The van der Waals surface area contributed by atoms with Crippen LogP contribution in [0.25, 0.3) is 6.08 Å². The summed E-state index contributed by atoms with van der Waals surface area (Å²) in [5.74, 6) is -0.325. The van der Waals surface area contributed by atoms with E-state index in [1.807, 2.05) is 12.1 Å². The molecule has 0 saturated heterocycles. The molecule has 1 aromatic carbocycles. The molecule has 0 aliphatic rings. The van der Waals surface area contributed by atoms with E-state index in [2.05, 4.69) is 36.5 Å². The first-order valence-electron chi connectivity index (χ1n) is 5.30. The molecule has 1 rings (SSSR count). The molecule has 0 saturated carbocycles. The third kappa shape index (κ3) is 3.66. The fourth-order valence-corrected chi connectivity index (χ4v) is 2.49. The Balaban J connectivity index is 2.80. The molecule has 0 aliphatic heterocycles. The van der Waals surface area contributed by atoms with Crippen molar-refractivity contribution in [3.05, 3.63) is 35.9 Å². The van der Waals surface area contributed by atoms with Crippen LogP contribution in [0.4, 0.5) is 0 Å². The smallest absolute Gasteiger partial charge is 0.330 e. The highest BCUT2D eigenvalue weighted by molar-refractivity contribution is 6.88. The maximum atomic E-state index is 10.9. The van der Waals surface area contributed by atoms with Crippen LogP contribution in [0.5, 0.6) is 0 Å². The predicted octanol–water partition coefficient (Wildman–Crippen LogP) is 2.42. The second-order valence-electron chi connectivity index (χ2n) is 4.73. The van der Waals surface area contributed by atoms with Gasteiger partial charge in [-0.3, -0.25) is 0 Å². The average Bonchev–Trinajstić information content (AvgIpc) is 2.25. The Bertz CT molecular complexity index is 385. The summed E-state index contributed by atoms with van der Waals surface area (Å²) in [5, 5.41) is 1.42. The van der Waals surface area contributed by atoms with Gasteiger partial charge in [0.2, 0.25) is 0 Å². The van der Waals surface area contributed by atoms with Crippen LogP contribution in [0.15, 0.2) is 30.3 Å². The van der Waals surface area contributed by atoms with Crippen LogP contribution in [-0.4, -0.2) is 21.2 Å². The largest absolute Gasteiger partial charge is 0.466 e. The Morgan fingerprint density at radius 3 is 2.19 bits per heavy atom. The van der Waals surface area contributed by atoms with Crippen LogP contribution < -0.4 is 5.19 Å². The highest BCUT2D eigenvalue weighted by atomic mass is 28.3. The second kappa shape index (κ2) is 5.12. The number of rotatable bonds is 3. The zero-order valence-corrected chi connectivity index (χ0v) is 11.3. The lowest BCUT2D eigenvalue weighted by Crippen LogP contribution is -2.37. The predicted molar refractivity (Wildman–Crippen MR) is 70.5 cm³/mol. The molecule has 0 aliphatic carbocycles. The molecule has 2 nitrogen and oxygen atoms in total. The summed E-state index contributed by atoms with van der Waals surface area (Å²) < 4.78 is 4.53. The Labute approximate surface area is 98.0 Å². The lowest BCUT2D eigenvalue weighted by atomic mass is 10.2. The first-order chi connectivity index (χ1) is 7.43. The number of carbonyl (C=O) groups excluding carboxylic acids is 1. The van der Waals surface area contributed by atoms with Gasteiger partial charge in [0.15, 0.2) is 0 Å². The number of hydrogen-bond donors (Lipinski definition) is 0. The van der Waals surface area contributed by atoms with Crippen molar-refractivity contribution in [2.24, 2.45) is 0 Å². The lowest BCUT2D eigenvalue weighted by molar-refractivity contribution is -0.134. The standard InChI is InChI=1S/C13H18O2Si/c1-15-13(14)10-7-11-5-8-12(9-6-11)16(2,3)4/h5-10H,1-4H3.